The van der Waals surface area contributed by atoms with Crippen LogP contribution in [0.1, 0.15) is 13.0 Å². The Kier molecular flexibility index (Phi) is 4.07. The summed E-state index contributed by atoms with van der Waals surface area (Å²) in [5.74, 6) is 0. The smallest absolute Gasteiger partial charge is 0.297 e. The van der Waals surface area contributed by atoms with E-state index in [1.165, 1.54) is 0 Å². The maximum atomic E-state index is 11.6. The molecule has 0 amide bonds. The van der Waals surface area contributed by atoms with Crippen LogP contribution >= 0.6 is 0 Å². The predicted molar refractivity (Wildman–Crippen MR) is 60.8 cm³/mol. The molecule has 0 aromatic heterocycles. The Morgan fingerprint density at radius 3 is 2.44 bits per heavy atom. The van der Waals surface area contributed by atoms with Crippen molar-refractivity contribution in [3.63, 3.8) is 0 Å². The number of hydrogen-bond acceptors (Lipinski definition) is 4. The maximum absolute atomic E-state index is 11.6. The van der Waals surface area contributed by atoms with Crippen LogP contribution in [0.15, 0.2) is 29.2 Å². The Hall–Kier alpha value is -0.910. The summed E-state index contributed by atoms with van der Waals surface area (Å²) in [5.41, 5.74) is 1.01. The van der Waals surface area contributed by atoms with E-state index in [-0.39, 0.29) is 25.0 Å². The van der Waals surface area contributed by atoms with Crippen molar-refractivity contribution < 1.29 is 17.3 Å². The Bertz CT molecular complexity index is 432. The minimum absolute atomic E-state index is 0. The van der Waals surface area contributed by atoms with Crippen LogP contribution in [-0.4, -0.2) is 27.7 Å². The van der Waals surface area contributed by atoms with Gasteiger partial charge in [-0.25, -0.2) is 0 Å². The standard InChI is InChI=1S/C10H12O4S.CH4/c1-8-2-4-10(5-3-8)15(11,12)14-7-9-6-13-9;/h2-5,9H,6-7H2,1H3;1H4/t9-;/m1./s1. The minimum atomic E-state index is -3.61. The number of hydrogen-bond donors (Lipinski definition) is 0. The van der Waals surface area contributed by atoms with Crippen LogP contribution in [0.2, 0.25) is 0 Å². The lowest BCUT2D eigenvalue weighted by Crippen LogP contribution is -2.10. The van der Waals surface area contributed by atoms with Crippen molar-refractivity contribution >= 4 is 10.1 Å². The zero-order valence-electron chi connectivity index (χ0n) is 8.34. The van der Waals surface area contributed by atoms with Crippen LogP contribution in [0, 0.1) is 6.92 Å². The van der Waals surface area contributed by atoms with Gasteiger partial charge >= 0.3 is 0 Å². The fourth-order valence-corrected chi connectivity index (χ4v) is 2.04. The van der Waals surface area contributed by atoms with Gasteiger partial charge in [0, 0.05) is 0 Å². The van der Waals surface area contributed by atoms with Gasteiger partial charge in [-0.2, -0.15) is 8.42 Å². The first-order valence-corrected chi connectivity index (χ1v) is 6.06. The van der Waals surface area contributed by atoms with Gasteiger partial charge in [-0.05, 0) is 19.1 Å². The third kappa shape index (κ3) is 3.30. The highest BCUT2D eigenvalue weighted by atomic mass is 32.2. The monoisotopic (exact) mass is 244 g/mol. The molecular formula is C11H16O4S. The molecule has 0 N–H and O–H groups in total. The van der Waals surface area contributed by atoms with Gasteiger partial charge < -0.3 is 4.74 Å². The van der Waals surface area contributed by atoms with Crippen LogP contribution < -0.4 is 0 Å². The topological polar surface area (TPSA) is 55.9 Å². The third-order valence-corrected chi connectivity index (χ3v) is 3.42. The van der Waals surface area contributed by atoms with Crippen molar-refractivity contribution in [3.8, 4) is 0 Å². The molecule has 1 heterocycles. The Morgan fingerprint density at radius 1 is 1.38 bits per heavy atom. The summed E-state index contributed by atoms with van der Waals surface area (Å²) in [6, 6.07) is 6.56. The molecule has 1 aromatic rings. The summed E-state index contributed by atoms with van der Waals surface area (Å²) in [5, 5.41) is 0. The summed E-state index contributed by atoms with van der Waals surface area (Å²) >= 11 is 0. The van der Waals surface area contributed by atoms with Crippen molar-refractivity contribution in [2.45, 2.75) is 25.3 Å². The highest BCUT2D eigenvalue weighted by Crippen LogP contribution is 2.16. The van der Waals surface area contributed by atoms with Crippen LogP contribution in [0.3, 0.4) is 0 Å². The van der Waals surface area contributed by atoms with Crippen molar-refractivity contribution in [2.75, 3.05) is 13.2 Å². The highest BCUT2D eigenvalue weighted by molar-refractivity contribution is 7.86. The average Bonchev–Trinajstić information content (AvgIpc) is 2.99. The molecule has 0 unspecified atom stereocenters. The van der Waals surface area contributed by atoms with Crippen LogP contribution in [0.25, 0.3) is 0 Å². The van der Waals surface area contributed by atoms with E-state index in [1.54, 1.807) is 24.3 Å². The molecule has 0 saturated carbocycles. The van der Waals surface area contributed by atoms with E-state index in [4.69, 9.17) is 8.92 Å². The predicted octanol–water partition coefficient (Wildman–Crippen LogP) is 1.74. The SMILES string of the molecule is C.Cc1ccc(S(=O)(=O)OC[C@H]2CO2)cc1. The molecule has 0 spiro atoms. The van der Waals surface area contributed by atoms with E-state index in [1.807, 2.05) is 6.92 Å². The average molecular weight is 244 g/mol. The molecule has 0 aliphatic carbocycles. The van der Waals surface area contributed by atoms with Gasteiger partial charge in [0.05, 0.1) is 18.1 Å². The molecule has 90 valence electrons. The Balaban J connectivity index is 0.00000128. The van der Waals surface area contributed by atoms with E-state index in [2.05, 4.69) is 0 Å². The van der Waals surface area contributed by atoms with Crippen molar-refractivity contribution in [1.82, 2.24) is 0 Å². The normalized spacial score (nSPS) is 18.9. The van der Waals surface area contributed by atoms with Gasteiger partial charge in [0.25, 0.3) is 10.1 Å². The second kappa shape index (κ2) is 4.95. The number of rotatable bonds is 4. The number of epoxide rings is 1. The molecule has 2 rings (SSSR count). The summed E-state index contributed by atoms with van der Waals surface area (Å²) in [6.07, 6.45) is -0.0507. The fraction of sp³-hybridized carbons (Fsp3) is 0.455. The molecule has 1 saturated heterocycles. The Morgan fingerprint density at radius 2 is 1.94 bits per heavy atom. The summed E-state index contributed by atoms with van der Waals surface area (Å²) in [4.78, 5) is 0.189. The zero-order chi connectivity index (χ0) is 10.9. The molecular weight excluding hydrogens is 228 g/mol. The van der Waals surface area contributed by atoms with Crippen molar-refractivity contribution in [3.05, 3.63) is 29.8 Å². The highest BCUT2D eigenvalue weighted by Gasteiger charge is 2.26. The Labute approximate surface area is 96.3 Å². The van der Waals surface area contributed by atoms with Gasteiger partial charge in [0.1, 0.15) is 6.10 Å². The van der Waals surface area contributed by atoms with Crippen molar-refractivity contribution in [1.29, 1.82) is 0 Å². The molecule has 1 aliphatic rings. The first kappa shape index (κ1) is 13.2. The van der Waals surface area contributed by atoms with Gasteiger partial charge in [-0.3, -0.25) is 4.18 Å². The van der Waals surface area contributed by atoms with E-state index in [0.29, 0.717) is 6.61 Å². The minimum Gasteiger partial charge on any atom is -0.371 e. The molecule has 1 fully saturated rings. The second-order valence-electron chi connectivity index (χ2n) is 3.51. The summed E-state index contributed by atoms with van der Waals surface area (Å²) < 4.78 is 32.9. The van der Waals surface area contributed by atoms with Crippen LogP contribution in [0.5, 0.6) is 0 Å². The lowest BCUT2D eigenvalue weighted by molar-refractivity contribution is 0.266. The van der Waals surface area contributed by atoms with Gasteiger partial charge in [0.2, 0.25) is 0 Å². The molecule has 4 nitrogen and oxygen atoms in total. The van der Waals surface area contributed by atoms with Gasteiger partial charge in [-0.15, -0.1) is 0 Å². The lowest BCUT2D eigenvalue weighted by atomic mass is 10.2. The van der Waals surface area contributed by atoms with Crippen molar-refractivity contribution in [2.24, 2.45) is 0 Å². The summed E-state index contributed by atoms with van der Waals surface area (Å²) in [6.45, 7) is 2.59. The second-order valence-corrected chi connectivity index (χ2v) is 5.12. The largest absolute Gasteiger partial charge is 0.371 e. The molecule has 5 heteroatoms. The van der Waals surface area contributed by atoms with Gasteiger partial charge in [-0.1, -0.05) is 25.1 Å². The number of aryl methyl sites for hydroxylation is 1. The van der Waals surface area contributed by atoms with E-state index < -0.39 is 10.1 Å². The molecule has 1 aromatic carbocycles. The number of benzene rings is 1. The third-order valence-electron chi connectivity index (χ3n) is 2.12. The number of ether oxygens (including phenoxy) is 1. The maximum Gasteiger partial charge on any atom is 0.297 e. The lowest BCUT2D eigenvalue weighted by Gasteiger charge is -2.03. The molecule has 1 aliphatic heterocycles. The molecule has 0 radical (unpaired) electrons. The van der Waals surface area contributed by atoms with E-state index >= 15 is 0 Å². The molecule has 16 heavy (non-hydrogen) atoms. The quantitative estimate of drug-likeness (QED) is 0.598. The fourth-order valence-electron chi connectivity index (χ4n) is 1.10. The van der Waals surface area contributed by atoms with Gasteiger partial charge in [0.15, 0.2) is 0 Å². The molecule has 0 bridgehead atoms. The molecule has 1 atom stereocenters. The summed E-state index contributed by atoms with van der Waals surface area (Å²) in [7, 11) is -3.61. The van der Waals surface area contributed by atoms with E-state index in [9.17, 15) is 8.42 Å². The van der Waals surface area contributed by atoms with Crippen LogP contribution in [-0.2, 0) is 19.0 Å². The van der Waals surface area contributed by atoms with E-state index in [0.717, 1.165) is 5.56 Å². The zero-order valence-corrected chi connectivity index (χ0v) is 9.16. The first-order chi connectivity index (χ1) is 7.08. The first-order valence-electron chi connectivity index (χ1n) is 4.66. The van der Waals surface area contributed by atoms with Crippen LogP contribution in [0.4, 0.5) is 0 Å².